The average Bonchev–Trinajstić information content (AvgIpc) is 3.25. The maximum absolute atomic E-state index is 12.8. The summed E-state index contributed by atoms with van der Waals surface area (Å²) in [5.41, 5.74) is 1.06. The molecule has 25 heavy (non-hydrogen) atoms. The highest BCUT2D eigenvalue weighted by atomic mass is 16.5. The Morgan fingerprint density at radius 3 is 2.72 bits per heavy atom. The van der Waals surface area contributed by atoms with Crippen molar-refractivity contribution in [2.75, 3.05) is 6.61 Å². The van der Waals surface area contributed by atoms with Crippen LogP contribution in [0.2, 0.25) is 0 Å². The first kappa shape index (κ1) is 17.6. The highest BCUT2D eigenvalue weighted by Gasteiger charge is 2.38. The molecule has 0 unspecified atom stereocenters. The molecule has 1 aliphatic heterocycles. The van der Waals surface area contributed by atoms with Crippen molar-refractivity contribution in [3.63, 3.8) is 0 Å². The van der Waals surface area contributed by atoms with E-state index in [1.54, 1.807) is 4.68 Å². The number of hydrogen-bond acceptors (Lipinski definition) is 4. The number of para-hydroxylation sites is 1. The number of nitrogens with one attached hydrogen (secondary N) is 1. The number of benzene rings is 1. The van der Waals surface area contributed by atoms with Crippen LogP contribution >= 0.6 is 0 Å². The van der Waals surface area contributed by atoms with Gasteiger partial charge in [-0.25, -0.2) is 4.68 Å². The van der Waals surface area contributed by atoms with E-state index < -0.39 is 5.54 Å². The fraction of sp³-hybridized carbons (Fsp3) is 0.526. The van der Waals surface area contributed by atoms with Gasteiger partial charge in [0.25, 0.3) is 0 Å². The highest BCUT2D eigenvalue weighted by molar-refractivity contribution is 5.80. The third-order valence-electron chi connectivity index (χ3n) is 4.72. The standard InChI is InChI=1S/C19H26N4O2/c1-13(2)17-15(10-11-25-17)18(24)20-19(3,4)16-12-23(22-21-16)14-8-6-5-7-9-14/h5-9,12-13,15,17H,10-11H2,1-4H3,(H,20,24)/t15-,17+/m1/s1. The number of nitrogens with zero attached hydrogens (tertiary/aromatic N) is 3. The van der Waals surface area contributed by atoms with Gasteiger partial charge in [0.1, 0.15) is 5.69 Å². The Kier molecular flexibility index (Phi) is 4.90. The second kappa shape index (κ2) is 6.96. The molecule has 0 bridgehead atoms. The van der Waals surface area contributed by atoms with Gasteiger partial charge < -0.3 is 10.1 Å². The monoisotopic (exact) mass is 342 g/mol. The lowest BCUT2D eigenvalue weighted by Crippen LogP contribution is -2.46. The van der Waals surface area contributed by atoms with Gasteiger partial charge in [-0.1, -0.05) is 37.3 Å². The van der Waals surface area contributed by atoms with Crippen LogP contribution in [-0.4, -0.2) is 33.6 Å². The van der Waals surface area contributed by atoms with Crippen molar-refractivity contribution in [3.05, 3.63) is 42.2 Å². The van der Waals surface area contributed by atoms with Gasteiger partial charge in [-0.15, -0.1) is 5.10 Å². The first-order valence-corrected chi connectivity index (χ1v) is 8.80. The van der Waals surface area contributed by atoms with Crippen molar-refractivity contribution in [1.29, 1.82) is 0 Å². The van der Waals surface area contributed by atoms with Gasteiger partial charge in [0.2, 0.25) is 5.91 Å². The van der Waals surface area contributed by atoms with Crippen molar-refractivity contribution in [2.24, 2.45) is 11.8 Å². The minimum atomic E-state index is -0.603. The molecule has 1 fully saturated rings. The molecule has 0 aliphatic carbocycles. The van der Waals surface area contributed by atoms with Crippen LogP contribution in [0.3, 0.4) is 0 Å². The summed E-state index contributed by atoms with van der Waals surface area (Å²) >= 11 is 0. The summed E-state index contributed by atoms with van der Waals surface area (Å²) in [6, 6.07) is 9.80. The van der Waals surface area contributed by atoms with Gasteiger partial charge >= 0.3 is 0 Å². The number of amides is 1. The third kappa shape index (κ3) is 3.74. The summed E-state index contributed by atoms with van der Waals surface area (Å²) in [7, 11) is 0. The number of aromatic nitrogens is 3. The highest BCUT2D eigenvalue weighted by Crippen LogP contribution is 2.28. The van der Waals surface area contributed by atoms with Gasteiger partial charge in [0, 0.05) is 6.61 Å². The fourth-order valence-electron chi connectivity index (χ4n) is 3.27. The first-order chi connectivity index (χ1) is 11.9. The first-order valence-electron chi connectivity index (χ1n) is 8.80. The molecule has 2 atom stereocenters. The lowest BCUT2D eigenvalue weighted by atomic mass is 9.90. The summed E-state index contributed by atoms with van der Waals surface area (Å²) in [4.78, 5) is 12.8. The summed E-state index contributed by atoms with van der Waals surface area (Å²) in [5, 5.41) is 11.6. The lowest BCUT2D eigenvalue weighted by Gasteiger charge is -2.28. The van der Waals surface area contributed by atoms with E-state index in [2.05, 4.69) is 29.5 Å². The molecule has 0 saturated carbocycles. The number of carbonyl (C=O) groups is 1. The molecule has 134 valence electrons. The van der Waals surface area contributed by atoms with Crippen LogP contribution in [0.4, 0.5) is 0 Å². The lowest BCUT2D eigenvalue weighted by molar-refractivity contribution is -0.129. The number of hydrogen-bond donors (Lipinski definition) is 1. The van der Waals surface area contributed by atoms with Crippen LogP contribution in [0.15, 0.2) is 36.5 Å². The molecule has 6 nitrogen and oxygen atoms in total. The molecular formula is C19H26N4O2. The van der Waals surface area contributed by atoms with Crippen LogP contribution in [0.1, 0.15) is 39.8 Å². The smallest absolute Gasteiger partial charge is 0.226 e. The molecule has 0 spiro atoms. The van der Waals surface area contributed by atoms with E-state index in [0.29, 0.717) is 12.5 Å². The van der Waals surface area contributed by atoms with Gasteiger partial charge in [0.05, 0.1) is 29.4 Å². The minimum absolute atomic E-state index is 0.0178. The Bertz CT molecular complexity index is 724. The van der Waals surface area contributed by atoms with Crippen LogP contribution in [0, 0.1) is 11.8 Å². The summed E-state index contributed by atoms with van der Waals surface area (Å²) in [5.74, 6) is 0.235. The van der Waals surface area contributed by atoms with Gasteiger partial charge in [-0.05, 0) is 38.3 Å². The molecule has 1 aromatic carbocycles. The fourth-order valence-corrected chi connectivity index (χ4v) is 3.27. The van der Waals surface area contributed by atoms with Crippen LogP contribution < -0.4 is 5.32 Å². The molecule has 2 heterocycles. The largest absolute Gasteiger partial charge is 0.377 e. The van der Waals surface area contributed by atoms with E-state index in [1.807, 2.05) is 50.4 Å². The number of rotatable bonds is 5. The van der Waals surface area contributed by atoms with Crippen LogP contribution in [0.5, 0.6) is 0 Å². The second-order valence-corrected chi connectivity index (χ2v) is 7.47. The Morgan fingerprint density at radius 1 is 1.32 bits per heavy atom. The Morgan fingerprint density at radius 2 is 2.04 bits per heavy atom. The predicted octanol–water partition coefficient (Wildman–Crippen LogP) is 2.68. The molecule has 1 N–H and O–H groups in total. The van der Waals surface area contributed by atoms with E-state index >= 15 is 0 Å². The maximum Gasteiger partial charge on any atom is 0.226 e. The summed E-state index contributed by atoms with van der Waals surface area (Å²) < 4.78 is 7.46. The molecule has 1 aliphatic rings. The molecular weight excluding hydrogens is 316 g/mol. The van der Waals surface area contributed by atoms with Gasteiger partial charge in [-0.3, -0.25) is 4.79 Å². The van der Waals surface area contributed by atoms with Crippen LogP contribution in [-0.2, 0) is 15.1 Å². The Labute approximate surface area is 148 Å². The minimum Gasteiger partial charge on any atom is -0.377 e. The van der Waals surface area contributed by atoms with Crippen molar-refractivity contribution >= 4 is 5.91 Å². The summed E-state index contributed by atoms with van der Waals surface area (Å²) in [6.07, 6.45) is 2.61. The van der Waals surface area contributed by atoms with Crippen molar-refractivity contribution in [2.45, 2.75) is 45.8 Å². The van der Waals surface area contributed by atoms with Gasteiger partial charge in [0.15, 0.2) is 0 Å². The van der Waals surface area contributed by atoms with Crippen molar-refractivity contribution < 1.29 is 9.53 Å². The van der Waals surface area contributed by atoms with E-state index in [-0.39, 0.29) is 17.9 Å². The normalized spacial score (nSPS) is 20.8. The SMILES string of the molecule is CC(C)[C@@H]1OCC[C@H]1C(=O)NC(C)(C)c1cn(-c2ccccc2)nn1. The van der Waals surface area contributed by atoms with Crippen molar-refractivity contribution in [3.8, 4) is 5.69 Å². The van der Waals surface area contributed by atoms with E-state index in [1.165, 1.54) is 0 Å². The topological polar surface area (TPSA) is 69.0 Å². The molecule has 2 aromatic rings. The molecule has 0 radical (unpaired) electrons. The predicted molar refractivity (Wildman–Crippen MR) is 95.2 cm³/mol. The maximum atomic E-state index is 12.8. The molecule has 3 rings (SSSR count). The van der Waals surface area contributed by atoms with E-state index in [9.17, 15) is 4.79 Å². The number of ether oxygens (including phenoxy) is 1. The third-order valence-corrected chi connectivity index (χ3v) is 4.72. The zero-order valence-corrected chi connectivity index (χ0v) is 15.3. The average molecular weight is 342 g/mol. The van der Waals surface area contributed by atoms with Crippen LogP contribution in [0.25, 0.3) is 5.69 Å². The zero-order chi connectivity index (χ0) is 18.0. The zero-order valence-electron chi connectivity index (χ0n) is 15.3. The molecule has 1 aromatic heterocycles. The quantitative estimate of drug-likeness (QED) is 0.907. The van der Waals surface area contributed by atoms with E-state index in [4.69, 9.17) is 4.74 Å². The summed E-state index contributed by atoms with van der Waals surface area (Å²) in [6.45, 7) is 8.72. The second-order valence-electron chi connectivity index (χ2n) is 7.47. The van der Waals surface area contributed by atoms with Gasteiger partial charge in [-0.2, -0.15) is 0 Å². The molecule has 1 amide bonds. The van der Waals surface area contributed by atoms with E-state index in [0.717, 1.165) is 17.8 Å². The Balaban J connectivity index is 1.74. The Hall–Kier alpha value is -2.21. The molecule has 1 saturated heterocycles. The number of carbonyl (C=O) groups excluding carboxylic acids is 1. The van der Waals surface area contributed by atoms with Crippen molar-refractivity contribution in [1.82, 2.24) is 20.3 Å². The molecule has 6 heteroatoms.